The van der Waals surface area contributed by atoms with Gasteiger partial charge in [-0.2, -0.15) is 0 Å². The van der Waals surface area contributed by atoms with E-state index in [4.69, 9.17) is 0 Å². The fraction of sp³-hybridized carbons (Fsp3) is 0.0625. The van der Waals surface area contributed by atoms with Gasteiger partial charge in [0.2, 0.25) is 10.0 Å². The Morgan fingerprint density at radius 1 is 1.16 bits per heavy atom. The van der Waals surface area contributed by atoms with Gasteiger partial charge in [-0.25, -0.2) is 13.1 Å². The molecule has 0 saturated heterocycles. The summed E-state index contributed by atoms with van der Waals surface area (Å²) in [6.07, 6.45) is 1.56. The second-order valence-electron chi connectivity index (χ2n) is 5.28. The van der Waals surface area contributed by atoms with Crippen LogP contribution < -0.4 is 10.0 Å². The Morgan fingerprint density at radius 3 is 2.44 bits per heavy atom. The van der Waals surface area contributed by atoms with Gasteiger partial charge < -0.3 is 5.32 Å². The number of nitrogens with zero attached hydrogens (tertiary/aromatic N) is 1. The van der Waals surface area contributed by atoms with Crippen LogP contribution in [0.25, 0.3) is 11.6 Å². The number of anilines is 1. The Bertz CT molecular complexity index is 1010. The van der Waals surface area contributed by atoms with Crippen molar-refractivity contribution in [2.45, 2.75) is 4.90 Å². The number of rotatable bonds is 4. The van der Waals surface area contributed by atoms with Crippen molar-refractivity contribution in [2.75, 3.05) is 12.4 Å². The second-order valence-corrected chi connectivity index (χ2v) is 7.16. The lowest BCUT2D eigenvalue weighted by Gasteiger charge is -2.05. The summed E-state index contributed by atoms with van der Waals surface area (Å²) in [4.78, 5) is 22.4. The van der Waals surface area contributed by atoms with Gasteiger partial charge >= 0.3 is 0 Å². The number of amides is 1. The van der Waals surface area contributed by atoms with E-state index in [9.17, 15) is 23.3 Å². The first kappa shape index (κ1) is 16.8. The van der Waals surface area contributed by atoms with Crippen LogP contribution >= 0.6 is 0 Å². The van der Waals surface area contributed by atoms with Crippen LogP contribution in [0.15, 0.2) is 47.4 Å². The van der Waals surface area contributed by atoms with Crippen LogP contribution in [0.4, 0.5) is 11.4 Å². The molecule has 2 aromatic rings. The SMILES string of the molecule is CNS(=O)(=O)c1ccc2c(c1)C(=Cc1ccc([N+](=O)[O-])cc1)C(=O)N2. The van der Waals surface area contributed by atoms with Gasteiger partial charge in [-0.05, 0) is 49.0 Å². The zero-order chi connectivity index (χ0) is 18.2. The van der Waals surface area contributed by atoms with E-state index in [-0.39, 0.29) is 22.1 Å². The number of fused-ring (bicyclic) bond motifs is 1. The van der Waals surface area contributed by atoms with Crippen molar-refractivity contribution in [1.29, 1.82) is 0 Å². The van der Waals surface area contributed by atoms with Gasteiger partial charge in [0.15, 0.2) is 0 Å². The molecule has 0 radical (unpaired) electrons. The predicted molar refractivity (Wildman–Crippen MR) is 92.3 cm³/mol. The van der Waals surface area contributed by atoms with E-state index < -0.39 is 14.9 Å². The summed E-state index contributed by atoms with van der Waals surface area (Å²) in [7, 11) is -2.33. The van der Waals surface area contributed by atoms with E-state index in [1.807, 2.05) is 0 Å². The summed E-state index contributed by atoms with van der Waals surface area (Å²) < 4.78 is 26.1. The first-order chi connectivity index (χ1) is 11.8. The van der Waals surface area contributed by atoms with Gasteiger partial charge in [0.25, 0.3) is 11.6 Å². The maximum Gasteiger partial charge on any atom is 0.269 e. The molecular formula is C16H13N3O5S. The lowest BCUT2D eigenvalue weighted by atomic mass is 10.0. The molecule has 2 aromatic carbocycles. The van der Waals surface area contributed by atoms with Crippen molar-refractivity contribution in [3.05, 3.63) is 63.7 Å². The van der Waals surface area contributed by atoms with Gasteiger partial charge in [0, 0.05) is 29.0 Å². The number of benzene rings is 2. The van der Waals surface area contributed by atoms with Crippen LogP contribution in [-0.2, 0) is 14.8 Å². The molecule has 0 fully saturated rings. The Kier molecular flexibility index (Phi) is 4.11. The topological polar surface area (TPSA) is 118 Å². The largest absolute Gasteiger partial charge is 0.321 e. The van der Waals surface area contributed by atoms with Crippen LogP contribution in [0, 0.1) is 10.1 Å². The van der Waals surface area contributed by atoms with E-state index in [1.54, 1.807) is 6.08 Å². The molecule has 8 nitrogen and oxygen atoms in total. The van der Waals surface area contributed by atoms with E-state index in [0.717, 1.165) is 0 Å². The normalized spacial score (nSPS) is 15.1. The van der Waals surface area contributed by atoms with Gasteiger partial charge in [-0.1, -0.05) is 0 Å². The highest BCUT2D eigenvalue weighted by Gasteiger charge is 2.26. The average Bonchev–Trinajstić information content (AvgIpc) is 2.90. The Labute approximate surface area is 143 Å². The van der Waals surface area contributed by atoms with Crippen molar-refractivity contribution in [3.63, 3.8) is 0 Å². The highest BCUT2D eigenvalue weighted by Crippen LogP contribution is 2.34. The third kappa shape index (κ3) is 3.14. The first-order valence-corrected chi connectivity index (χ1v) is 8.65. The molecule has 9 heteroatoms. The molecule has 1 aliphatic heterocycles. The van der Waals surface area contributed by atoms with Crippen molar-refractivity contribution in [2.24, 2.45) is 0 Å². The van der Waals surface area contributed by atoms with E-state index in [1.165, 1.54) is 49.5 Å². The smallest absolute Gasteiger partial charge is 0.269 e. The van der Waals surface area contributed by atoms with Crippen LogP contribution in [0.5, 0.6) is 0 Å². The monoisotopic (exact) mass is 359 g/mol. The molecule has 0 unspecified atom stereocenters. The minimum Gasteiger partial charge on any atom is -0.321 e. The molecule has 0 spiro atoms. The minimum absolute atomic E-state index is 0.0415. The summed E-state index contributed by atoms with van der Waals surface area (Å²) >= 11 is 0. The number of hydrogen-bond acceptors (Lipinski definition) is 5. The molecule has 128 valence electrons. The lowest BCUT2D eigenvalue weighted by Crippen LogP contribution is -2.18. The standard InChI is InChI=1S/C16H13N3O5S/c1-17-25(23,24)12-6-7-15-13(9-12)14(16(20)18-15)8-10-2-4-11(5-3-10)19(21)22/h2-9,17H,1H3,(H,18,20). The first-order valence-electron chi connectivity index (χ1n) is 7.17. The third-order valence-corrected chi connectivity index (χ3v) is 5.18. The summed E-state index contributed by atoms with van der Waals surface area (Å²) in [5, 5.41) is 13.4. The van der Waals surface area contributed by atoms with E-state index in [2.05, 4.69) is 10.0 Å². The molecule has 0 saturated carbocycles. The summed E-state index contributed by atoms with van der Waals surface area (Å²) in [5.74, 6) is -0.368. The van der Waals surface area contributed by atoms with Crippen molar-refractivity contribution in [3.8, 4) is 0 Å². The summed E-state index contributed by atoms with van der Waals surface area (Å²) in [6.45, 7) is 0. The number of nitrogens with one attached hydrogen (secondary N) is 2. The van der Waals surface area contributed by atoms with Crippen molar-refractivity contribution < 1.29 is 18.1 Å². The van der Waals surface area contributed by atoms with Crippen LogP contribution in [0.2, 0.25) is 0 Å². The molecule has 0 aliphatic carbocycles. The molecule has 0 aromatic heterocycles. The van der Waals surface area contributed by atoms with Crippen LogP contribution in [0.3, 0.4) is 0 Å². The molecule has 1 amide bonds. The molecule has 0 bridgehead atoms. The zero-order valence-corrected chi connectivity index (χ0v) is 13.8. The van der Waals surface area contributed by atoms with E-state index in [0.29, 0.717) is 16.8 Å². The third-order valence-electron chi connectivity index (χ3n) is 3.77. The quantitative estimate of drug-likeness (QED) is 0.492. The molecule has 1 aliphatic rings. The number of carbonyl (C=O) groups excluding carboxylic acids is 1. The average molecular weight is 359 g/mol. The molecule has 3 rings (SSSR count). The van der Waals surface area contributed by atoms with Crippen molar-refractivity contribution >= 4 is 39.0 Å². The minimum atomic E-state index is -3.64. The highest BCUT2D eigenvalue weighted by molar-refractivity contribution is 7.89. The zero-order valence-electron chi connectivity index (χ0n) is 13.0. The molecule has 2 N–H and O–H groups in total. The van der Waals surface area contributed by atoms with E-state index >= 15 is 0 Å². The molecular weight excluding hydrogens is 346 g/mol. The Morgan fingerprint density at radius 2 is 1.84 bits per heavy atom. The fourth-order valence-electron chi connectivity index (χ4n) is 2.45. The van der Waals surface area contributed by atoms with Gasteiger partial charge in [0.1, 0.15) is 0 Å². The lowest BCUT2D eigenvalue weighted by molar-refractivity contribution is -0.384. The molecule has 25 heavy (non-hydrogen) atoms. The van der Waals surface area contributed by atoms with Gasteiger partial charge in [-0.15, -0.1) is 0 Å². The number of sulfonamides is 1. The molecule has 1 heterocycles. The fourth-order valence-corrected chi connectivity index (χ4v) is 3.21. The van der Waals surface area contributed by atoms with Gasteiger partial charge in [-0.3, -0.25) is 14.9 Å². The van der Waals surface area contributed by atoms with Crippen LogP contribution in [-0.4, -0.2) is 26.3 Å². The number of nitro benzene ring substituents is 1. The number of non-ortho nitro benzene ring substituents is 1. The number of nitro groups is 1. The summed E-state index contributed by atoms with van der Waals surface area (Å²) in [6, 6.07) is 10.0. The molecule has 0 atom stereocenters. The Balaban J connectivity index is 2.06. The predicted octanol–water partition coefficient (Wildman–Crippen LogP) is 2.00. The van der Waals surface area contributed by atoms with Crippen molar-refractivity contribution in [1.82, 2.24) is 4.72 Å². The Hall–Kier alpha value is -3.04. The van der Waals surface area contributed by atoms with Gasteiger partial charge in [0.05, 0.1) is 9.82 Å². The van der Waals surface area contributed by atoms with Crippen LogP contribution in [0.1, 0.15) is 11.1 Å². The maximum atomic E-state index is 12.2. The highest BCUT2D eigenvalue weighted by atomic mass is 32.2. The summed E-state index contributed by atoms with van der Waals surface area (Å²) in [5.41, 5.74) is 1.79. The maximum absolute atomic E-state index is 12.2. The number of carbonyl (C=O) groups is 1. The second kappa shape index (κ2) is 6.11. The number of hydrogen-bond donors (Lipinski definition) is 2.